The molecule has 0 aliphatic carbocycles. The van der Waals surface area contributed by atoms with Gasteiger partial charge in [-0.25, -0.2) is 8.42 Å². The Kier molecular flexibility index (Phi) is 3.10. The fourth-order valence-corrected chi connectivity index (χ4v) is 1.63. The lowest BCUT2D eigenvalue weighted by atomic mass is 10.3. The molecule has 0 aliphatic rings. The van der Waals surface area contributed by atoms with Crippen LogP contribution in [0.25, 0.3) is 0 Å². The van der Waals surface area contributed by atoms with Crippen molar-refractivity contribution in [1.29, 1.82) is 0 Å². The van der Waals surface area contributed by atoms with Crippen LogP contribution in [-0.2, 0) is 10.0 Å². The normalized spacial score (nSPS) is 11.2. The van der Waals surface area contributed by atoms with Gasteiger partial charge in [0.15, 0.2) is 0 Å². The van der Waals surface area contributed by atoms with Gasteiger partial charge in [-0.2, -0.15) is 0 Å². The van der Waals surface area contributed by atoms with Crippen LogP contribution in [0.3, 0.4) is 0 Å². The molecule has 0 bridgehead atoms. The van der Waals surface area contributed by atoms with Crippen LogP contribution in [0.5, 0.6) is 0 Å². The van der Waals surface area contributed by atoms with E-state index in [9.17, 15) is 8.42 Å². The predicted octanol–water partition coefficient (Wildman–Crippen LogP) is 0.404. The molecular formula is C6H8ClN3O2S. The first-order valence-corrected chi connectivity index (χ1v) is 5.15. The summed E-state index contributed by atoms with van der Waals surface area (Å²) in [5.74, 6) is 5.10. The lowest BCUT2D eigenvalue weighted by molar-refractivity contribution is 0.594. The average molecular weight is 222 g/mol. The van der Waals surface area contributed by atoms with Gasteiger partial charge < -0.3 is 5.43 Å². The van der Waals surface area contributed by atoms with Crippen molar-refractivity contribution >= 4 is 27.5 Å². The van der Waals surface area contributed by atoms with Crippen LogP contribution in [0.1, 0.15) is 0 Å². The Morgan fingerprint density at radius 1 is 1.23 bits per heavy atom. The van der Waals surface area contributed by atoms with Crippen molar-refractivity contribution in [3.63, 3.8) is 0 Å². The average Bonchev–Trinajstić information content (AvgIpc) is 2.18. The highest BCUT2D eigenvalue weighted by Gasteiger charge is 2.11. The molecule has 0 saturated heterocycles. The number of nitrogens with two attached hydrogens (primary N) is 1. The number of hydrogen-bond donors (Lipinski definition) is 3. The van der Waals surface area contributed by atoms with Gasteiger partial charge in [0.2, 0.25) is 0 Å². The van der Waals surface area contributed by atoms with E-state index in [1.807, 2.05) is 0 Å². The fraction of sp³-hybridized carbons (Fsp3) is 0. The summed E-state index contributed by atoms with van der Waals surface area (Å²) in [6.07, 6.45) is 0. The molecule has 0 spiro atoms. The maximum Gasteiger partial charge on any atom is 0.253 e. The molecule has 0 heterocycles. The minimum absolute atomic E-state index is 0.0847. The second kappa shape index (κ2) is 3.93. The second-order valence-electron chi connectivity index (χ2n) is 2.25. The molecule has 5 nitrogen and oxygen atoms in total. The Labute approximate surface area is 81.0 Å². The standard InChI is InChI=1S/C6H8ClN3O2S/c7-10-13(11,12)6-3-1-5(9-8)2-4-6/h1-4,9-10H,8H2. The van der Waals surface area contributed by atoms with Crippen molar-refractivity contribution in [2.24, 2.45) is 5.84 Å². The molecule has 0 aliphatic heterocycles. The molecular weight excluding hydrogens is 214 g/mol. The highest BCUT2D eigenvalue weighted by molar-refractivity contribution is 7.90. The SMILES string of the molecule is NNc1ccc(S(=O)(=O)NCl)cc1. The fourth-order valence-electron chi connectivity index (χ4n) is 0.775. The molecule has 0 radical (unpaired) electrons. The van der Waals surface area contributed by atoms with Gasteiger partial charge in [-0.15, -0.1) is 4.24 Å². The van der Waals surface area contributed by atoms with E-state index in [-0.39, 0.29) is 4.90 Å². The summed E-state index contributed by atoms with van der Waals surface area (Å²) >= 11 is 5.02. The number of hydrogen-bond acceptors (Lipinski definition) is 4. The first kappa shape index (κ1) is 10.3. The van der Waals surface area contributed by atoms with E-state index in [1.165, 1.54) is 24.3 Å². The molecule has 7 heteroatoms. The van der Waals surface area contributed by atoms with E-state index < -0.39 is 10.0 Å². The summed E-state index contributed by atoms with van der Waals surface area (Å²) in [6.45, 7) is 0. The first-order chi connectivity index (χ1) is 6.10. The molecule has 0 amide bonds. The van der Waals surface area contributed by atoms with Crippen LogP contribution >= 0.6 is 11.8 Å². The second-order valence-corrected chi connectivity index (χ2v) is 4.34. The van der Waals surface area contributed by atoms with Gasteiger partial charge in [-0.05, 0) is 36.0 Å². The van der Waals surface area contributed by atoms with Crippen LogP contribution in [0.4, 0.5) is 5.69 Å². The Bertz CT molecular complexity index is 375. The van der Waals surface area contributed by atoms with Crippen molar-refractivity contribution < 1.29 is 8.42 Å². The molecule has 1 aromatic rings. The summed E-state index contributed by atoms with van der Waals surface area (Å²) in [7, 11) is -3.58. The van der Waals surface area contributed by atoms with Crippen molar-refractivity contribution in [2.75, 3.05) is 5.43 Å². The number of nitrogen functional groups attached to an aromatic ring is 1. The van der Waals surface area contributed by atoms with Crippen molar-refractivity contribution in [2.45, 2.75) is 4.90 Å². The van der Waals surface area contributed by atoms with Crippen LogP contribution in [0.2, 0.25) is 0 Å². The molecule has 0 saturated carbocycles. The highest BCUT2D eigenvalue weighted by atomic mass is 35.5. The minimum atomic E-state index is -3.58. The van der Waals surface area contributed by atoms with Gasteiger partial charge in [0.25, 0.3) is 10.0 Å². The third kappa shape index (κ3) is 2.31. The zero-order valence-corrected chi connectivity index (χ0v) is 8.06. The maximum absolute atomic E-state index is 11.1. The lowest BCUT2D eigenvalue weighted by Crippen LogP contribution is -2.13. The maximum atomic E-state index is 11.1. The Morgan fingerprint density at radius 2 is 1.77 bits per heavy atom. The third-order valence-corrected chi connectivity index (χ3v) is 3.14. The van der Waals surface area contributed by atoms with Crippen molar-refractivity contribution in [3.8, 4) is 0 Å². The lowest BCUT2D eigenvalue weighted by Gasteiger charge is -2.02. The van der Waals surface area contributed by atoms with Crippen molar-refractivity contribution in [1.82, 2.24) is 4.24 Å². The smallest absolute Gasteiger partial charge is 0.253 e. The van der Waals surface area contributed by atoms with Crippen LogP contribution in [-0.4, -0.2) is 8.42 Å². The zero-order chi connectivity index (χ0) is 9.90. The van der Waals surface area contributed by atoms with E-state index in [0.29, 0.717) is 5.69 Å². The summed E-state index contributed by atoms with van der Waals surface area (Å²) in [5.41, 5.74) is 2.99. The quantitative estimate of drug-likeness (QED) is 0.392. The molecule has 0 fully saturated rings. The van der Waals surface area contributed by atoms with E-state index in [0.717, 1.165) is 0 Å². The van der Waals surface area contributed by atoms with Crippen molar-refractivity contribution in [3.05, 3.63) is 24.3 Å². The number of rotatable bonds is 3. The predicted molar refractivity (Wildman–Crippen MR) is 50.4 cm³/mol. The number of hydrazine groups is 1. The number of halogens is 1. The largest absolute Gasteiger partial charge is 0.324 e. The molecule has 13 heavy (non-hydrogen) atoms. The van der Waals surface area contributed by atoms with Gasteiger partial charge in [-0.1, -0.05) is 0 Å². The molecule has 0 unspecified atom stereocenters. The number of anilines is 1. The van der Waals surface area contributed by atoms with Gasteiger partial charge in [0.1, 0.15) is 0 Å². The highest BCUT2D eigenvalue weighted by Crippen LogP contribution is 2.12. The van der Waals surface area contributed by atoms with Gasteiger partial charge in [-0.3, -0.25) is 5.84 Å². The van der Waals surface area contributed by atoms with Gasteiger partial charge in [0, 0.05) is 5.69 Å². The van der Waals surface area contributed by atoms with Crippen LogP contribution in [0, 0.1) is 0 Å². The molecule has 1 rings (SSSR count). The Hall–Kier alpha value is -0.820. The molecule has 72 valence electrons. The summed E-state index contributed by atoms with van der Waals surface area (Å²) < 4.78 is 23.9. The van der Waals surface area contributed by atoms with Gasteiger partial charge in [0.05, 0.1) is 4.90 Å². The van der Waals surface area contributed by atoms with Gasteiger partial charge >= 0.3 is 0 Å². The summed E-state index contributed by atoms with van der Waals surface area (Å²) in [5, 5.41) is 0. The van der Waals surface area contributed by atoms with E-state index >= 15 is 0 Å². The number of nitrogens with one attached hydrogen (secondary N) is 2. The first-order valence-electron chi connectivity index (χ1n) is 3.29. The summed E-state index contributed by atoms with van der Waals surface area (Å²) in [6, 6.07) is 5.84. The third-order valence-electron chi connectivity index (χ3n) is 1.43. The molecule has 4 N–H and O–H groups in total. The van der Waals surface area contributed by atoms with E-state index in [4.69, 9.17) is 17.6 Å². The summed E-state index contributed by atoms with van der Waals surface area (Å²) in [4.78, 5) is 0.0847. The molecule has 0 aromatic heterocycles. The Morgan fingerprint density at radius 3 is 2.15 bits per heavy atom. The topological polar surface area (TPSA) is 84.2 Å². The monoisotopic (exact) mass is 221 g/mol. The Balaban J connectivity index is 3.06. The number of sulfonamides is 1. The molecule has 1 aromatic carbocycles. The zero-order valence-electron chi connectivity index (χ0n) is 6.49. The number of benzene rings is 1. The van der Waals surface area contributed by atoms with E-state index in [1.54, 1.807) is 4.24 Å². The minimum Gasteiger partial charge on any atom is -0.324 e. The van der Waals surface area contributed by atoms with E-state index in [2.05, 4.69) is 5.43 Å². The van der Waals surface area contributed by atoms with Crippen LogP contribution in [0.15, 0.2) is 29.2 Å². The van der Waals surface area contributed by atoms with Crippen LogP contribution < -0.4 is 15.5 Å². The molecule has 0 atom stereocenters.